The lowest BCUT2D eigenvalue weighted by Crippen LogP contribution is -2.02. The van der Waals surface area contributed by atoms with Crippen LogP contribution in [0.15, 0.2) is 47.6 Å². The molecular formula is C21H19N3O4. The molecule has 7 nitrogen and oxygen atoms in total. The first kappa shape index (κ1) is 17.8. The van der Waals surface area contributed by atoms with Crippen molar-refractivity contribution in [3.05, 3.63) is 70.5 Å². The van der Waals surface area contributed by atoms with E-state index in [-0.39, 0.29) is 23.9 Å². The topological polar surface area (TPSA) is 121 Å². The molecule has 0 bridgehead atoms. The van der Waals surface area contributed by atoms with Crippen LogP contribution in [0.4, 0.5) is 11.4 Å². The zero-order valence-corrected chi connectivity index (χ0v) is 15.1. The molecule has 2 heterocycles. The van der Waals surface area contributed by atoms with Gasteiger partial charge in [0.25, 0.3) is 0 Å². The number of aliphatic imine (C=N–C) groups is 1. The van der Waals surface area contributed by atoms with Crippen molar-refractivity contribution in [1.82, 2.24) is 4.98 Å². The van der Waals surface area contributed by atoms with Crippen LogP contribution in [-0.2, 0) is 11.3 Å². The Labute approximate surface area is 161 Å². The van der Waals surface area contributed by atoms with Crippen molar-refractivity contribution in [2.45, 2.75) is 19.6 Å². The van der Waals surface area contributed by atoms with E-state index in [1.807, 2.05) is 0 Å². The van der Waals surface area contributed by atoms with Gasteiger partial charge in [-0.05, 0) is 37.3 Å². The van der Waals surface area contributed by atoms with Crippen LogP contribution < -0.4 is 5.73 Å². The van der Waals surface area contributed by atoms with Crippen LogP contribution >= 0.6 is 0 Å². The number of aryl methyl sites for hydroxylation is 1. The molecule has 0 aliphatic carbocycles. The number of anilines is 1. The van der Waals surface area contributed by atoms with Gasteiger partial charge in [0.15, 0.2) is 0 Å². The highest BCUT2D eigenvalue weighted by Gasteiger charge is 2.31. The van der Waals surface area contributed by atoms with E-state index >= 15 is 0 Å². The Balaban J connectivity index is 1.74. The first-order valence-corrected chi connectivity index (χ1v) is 8.68. The fourth-order valence-electron chi connectivity index (χ4n) is 3.19. The predicted octanol–water partition coefficient (Wildman–Crippen LogP) is 3.46. The molecule has 2 aromatic carbocycles. The molecule has 7 heteroatoms. The molecule has 142 valence electrons. The normalized spacial score (nSPS) is 15.8. The average Bonchev–Trinajstić information content (AvgIpc) is 3.10. The molecule has 1 aliphatic rings. The largest absolute Gasteiger partial charge is 0.507 e. The number of phenolic OH excluding ortho intramolecular Hbond substituents is 2. The molecule has 5 N–H and O–H groups in total. The SMILES string of the molecule is Cc1ncc2c(c1O)C(c1cc(C=Nc3ccc(N)cc3)c(O)cc1O)OC2. The van der Waals surface area contributed by atoms with Gasteiger partial charge in [-0.3, -0.25) is 9.98 Å². The maximum atomic E-state index is 10.4. The Hall–Kier alpha value is -3.58. The molecule has 1 aromatic heterocycles. The van der Waals surface area contributed by atoms with Gasteiger partial charge >= 0.3 is 0 Å². The van der Waals surface area contributed by atoms with Gasteiger partial charge < -0.3 is 25.8 Å². The van der Waals surface area contributed by atoms with Crippen molar-refractivity contribution in [1.29, 1.82) is 0 Å². The Morgan fingerprint density at radius 3 is 2.64 bits per heavy atom. The van der Waals surface area contributed by atoms with Gasteiger partial charge in [0, 0.05) is 46.4 Å². The molecule has 4 rings (SSSR count). The molecule has 0 saturated carbocycles. The molecule has 1 aliphatic heterocycles. The third-order valence-electron chi connectivity index (χ3n) is 4.73. The number of rotatable bonds is 3. The Bertz CT molecular complexity index is 1080. The third-order valence-corrected chi connectivity index (χ3v) is 4.73. The highest BCUT2D eigenvalue weighted by molar-refractivity contribution is 5.86. The third kappa shape index (κ3) is 3.12. The number of aromatic nitrogens is 1. The lowest BCUT2D eigenvalue weighted by Gasteiger charge is -2.16. The van der Waals surface area contributed by atoms with Gasteiger partial charge in [-0.2, -0.15) is 0 Å². The zero-order valence-electron chi connectivity index (χ0n) is 15.1. The summed E-state index contributed by atoms with van der Waals surface area (Å²) in [5, 5.41) is 31.0. The molecule has 0 saturated heterocycles. The number of nitrogens with two attached hydrogens (primary N) is 1. The molecule has 1 atom stereocenters. The number of pyridine rings is 1. The van der Waals surface area contributed by atoms with E-state index in [1.54, 1.807) is 43.5 Å². The number of nitrogens with zero attached hydrogens (tertiary/aromatic N) is 2. The molecule has 3 aromatic rings. The number of hydrogen-bond acceptors (Lipinski definition) is 7. The van der Waals surface area contributed by atoms with Crippen molar-refractivity contribution >= 4 is 17.6 Å². The minimum absolute atomic E-state index is 0.0459. The number of nitrogen functional groups attached to an aromatic ring is 1. The average molecular weight is 377 g/mol. The van der Waals surface area contributed by atoms with Crippen molar-refractivity contribution < 1.29 is 20.1 Å². The van der Waals surface area contributed by atoms with Crippen molar-refractivity contribution in [3.63, 3.8) is 0 Å². The lowest BCUT2D eigenvalue weighted by atomic mass is 9.96. The second-order valence-electron chi connectivity index (χ2n) is 6.64. The summed E-state index contributed by atoms with van der Waals surface area (Å²) in [4.78, 5) is 8.47. The van der Waals surface area contributed by atoms with Crippen LogP contribution in [0.1, 0.15) is 34.1 Å². The van der Waals surface area contributed by atoms with Crippen LogP contribution in [0.3, 0.4) is 0 Å². The van der Waals surface area contributed by atoms with Crippen LogP contribution in [0.2, 0.25) is 0 Å². The maximum absolute atomic E-state index is 10.4. The standard InChI is InChI=1S/C21H19N3O4/c1-11-20(27)19-13(9-23-11)10-28-21(19)16-6-12(17(25)7-18(16)26)8-24-15-4-2-14(22)3-5-15/h2-9,21,25-27H,10,22H2,1H3. The number of fused-ring (bicyclic) bond motifs is 1. The quantitative estimate of drug-likeness (QED) is 0.410. The highest BCUT2D eigenvalue weighted by Crippen LogP contribution is 2.45. The summed E-state index contributed by atoms with van der Waals surface area (Å²) in [6.45, 7) is 1.97. The summed E-state index contributed by atoms with van der Waals surface area (Å²) < 4.78 is 5.80. The van der Waals surface area contributed by atoms with Crippen LogP contribution in [0.25, 0.3) is 0 Å². The monoisotopic (exact) mass is 377 g/mol. The maximum Gasteiger partial charge on any atom is 0.143 e. The molecule has 1 unspecified atom stereocenters. The first-order chi connectivity index (χ1) is 13.4. The smallest absolute Gasteiger partial charge is 0.143 e. The van der Waals surface area contributed by atoms with Crippen LogP contribution in [0.5, 0.6) is 17.2 Å². The van der Waals surface area contributed by atoms with Gasteiger partial charge in [-0.1, -0.05) is 0 Å². The number of ether oxygens (including phenoxy) is 1. The Kier molecular flexibility index (Phi) is 4.37. The molecule has 28 heavy (non-hydrogen) atoms. The molecular weight excluding hydrogens is 358 g/mol. The molecule has 0 radical (unpaired) electrons. The van der Waals surface area contributed by atoms with Crippen molar-refractivity contribution in [3.8, 4) is 17.2 Å². The molecule has 0 spiro atoms. The Morgan fingerprint density at radius 2 is 1.89 bits per heavy atom. The van der Waals surface area contributed by atoms with E-state index < -0.39 is 6.10 Å². The lowest BCUT2D eigenvalue weighted by molar-refractivity contribution is 0.0910. The van der Waals surface area contributed by atoms with Crippen LogP contribution in [0, 0.1) is 6.92 Å². The number of benzene rings is 2. The first-order valence-electron chi connectivity index (χ1n) is 8.68. The minimum Gasteiger partial charge on any atom is -0.507 e. The summed E-state index contributed by atoms with van der Waals surface area (Å²) in [5.74, 6) is -0.202. The molecule has 0 amide bonds. The van der Waals surface area contributed by atoms with Gasteiger partial charge in [-0.25, -0.2) is 0 Å². The van der Waals surface area contributed by atoms with E-state index in [4.69, 9.17) is 10.5 Å². The summed E-state index contributed by atoms with van der Waals surface area (Å²) in [6.07, 6.45) is 2.49. The van der Waals surface area contributed by atoms with Gasteiger partial charge in [0.1, 0.15) is 23.4 Å². The summed E-state index contributed by atoms with van der Waals surface area (Å²) in [5.41, 5.74) is 9.63. The van der Waals surface area contributed by atoms with Crippen LogP contribution in [-0.4, -0.2) is 26.5 Å². The molecule has 0 fully saturated rings. The van der Waals surface area contributed by atoms with Gasteiger partial charge in [0.2, 0.25) is 0 Å². The van der Waals surface area contributed by atoms with E-state index in [2.05, 4.69) is 9.98 Å². The van der Waals surface area contributed by atoms with E-state index in [9.17, 15) is 15.3 Å². The highest BCUT2D eigenvalue weighted by atomic mass is 16.5. The van der Waals surface area contributed by atoms with Gasteiger partial charge in [-0.15, -0.1) is 0 Å². The van der Waals surface area contributed by atoms with Crippen molar-refractivity contribution in [2.24, 2.45) is 4.99 Å². The fourth-order valence-corrected chi connectivity index (χ4v) is 3.19. The number of aromatic hydroxyl groups is 3. The van der Waals surface area contributed by atoms with E-state index in [0.29, 0.717) is 33.8 Å². The summed E-state index contributed by atoms with van der Waals surface area (Å²) in [7, 11) is 0. The summed E-state index contributed by atoms with van der Waals surface area (Å²) in [6, 6.07) is 9.82. The second-order valence-corrected chi connectivity index (χ2v) is 6.64. The predicted molar refractivity (Wildman–Crippen MR) is 105 cm³/mol. The zero-order chi connectivity index (χ0) is 19.8. The van der Waals surface area contributed by atoms with Gasteiger partial charge in [0.05, 0.1) is 18.0 Å². The fraction of sp³-hybridized carbons (Fsp3) is 0.143. The van der Waals surface area contributed by atoms with Crippen molar-refractivity contribution in [2.75, 3.05) is 5.73 Å². The minimum atomic E-state index is -0.666. The Morgan fingerprint density at radius 1 is 1.14 bits per heavy atom. The summed E-state index contributed by atoms with van der Waals surface area (Å²) >= 11 is 0. The number of hydrogen-bond donors (Lipinski definition) is 4. The number of phenols is 2. The van der Waals surface area contributed by atoms with E-state index in [0.717, 1.165) is 5.56 Å². The second kappa shape index (κ2) is 6.86. The van der Waals surface area contributed by atoms with E-state index in [1.165, 1.54) is 12.3 Å².